The Bertz CT molecular complexity index is 1900. The second kappa shape index (κ2) is 17.8. The van der Waals surface area contributed by atoms with Crippen molar-refractivity contribution < 1.29 is 44.8 Å². The molecule has 0 fully saturated rings. The molecule has 0 saturated carbocycles. The van der Waals surface area contributed by atoms with E-state index in [-0.39, 0.29) is 60.6 Å². The maximum atomic E-state index is 7.46. The third-order valence-corrected chi connectivity index (χ3v) is 11.1. The Balaban J connectivity index is 0.000000186. The summed E-state index contributed by atoms with van der Waals surface area (Å²) in [5, 5.41) is 12.3. The van der Waals surface area contributed by atoms with Gasteiger partial charge in [0, 0.05) is 15.8 Å². The van der Waals surface area contributed by atoms with E-state index in [2.05, 4.69) is 99.2 Å². The molecule has 0 aromatic heterocycles. The van der Waals surface area contributed by atoms with Gasteiger partial charge in [-0.15, -0.1) is 11.1 Å². The molecule has 0 amide bonds. The van der Waals surface area contributed by atoms with Crippen LogP contribution in [0.3, 0.4) is 0 Å². The third-order valence-electron chi connectivity index (χ3n) is 7.80. The molecule has 0 saturated heterocycles. The Hall–Kier alpha value is -2.96. The smallest absolute Gasteiger partial charge is 0.366 e. The predicted molar refractivity (Wildman–Crippen MR) is 201 cm³/mol. The van der Waals surface area contributed by atoms with E-state index in [0.717, 1.165) is 54.2 Å². The minimum absolute atomic E-state index is 0. The summed E-state index contributed by atoms with van der Waals surface area (Å²) >= 11 is 0. The molecule has 7 rings (SSSR count). The van der Waals surface area contributed by atoms with Crippen LogP contribution in [0.5, 0.6) is 0 Å². The second-order valence-corrected chi connectivity index (χ2v) is 16.3. The first-order chi connectivity index (χ1) is 21.4. The molecule has 0 radical (unpaired) electrons. The van der Waals surface area contributed by atoms with Gasteiger partial charge >= 0.3 is 44.8 Å². The molecule has 4 heteroatoms. The molecule has 0 aliphatic heterocycles. The fourth-order valence-corrected chi connectivity index (χ4v) is 9.26. The van der Waals surface area contributed by atoms with Crippen molar-refractivity contribution in [2.24, 2.45) is 0 Å². The number of benzene rings is 7. The summed E-state index contributed by atoms with van der Waals surface area (Å²) < 4.78 is 0. The van der Waals surface area contributed by atoms with Gasteiger partial charge in [0.15, 0.2) is 0 Å². The van der Waals surface area contributed by atoms with E-state index in [1.165, 1.54) is 0 Å². The molecule has 0 spiro atoms. The van der Waals surface area contributed by atoms with Gasteiger partial charge in [-0.05, 0) is 45.8 Å². The number of fused-ring (bicyclic) bond motifs is 4. The predicted octanol–water partition coefficient (Wildman–Crippen LogP) is 9.74. The molecule has 7 aromatic carbocycles. The summed E-state index contributed by atoms with van der Waals surface area (Å²) in [7, 11) is -0.522. The molecule has 0 nitrogen and oxygen atoms in total. The molecule has 0 unspecified atom stereocenters. The van der Waals surface area contributed by atoms with Crippen molar-refractivity contribution in [2.75, 3.05) is 26.7 Å². The van der Waals surface area contributed by atoms with Gasteiger partial charge < -0.3 is 12.8 Å². The van der Waals surface area contributed by atoms with Crippen LogP contribution in [0.15, 0.2) is 133 Å². The van der Waals surface area contributed by atoms with Crippen LogP contribution in [0.2, 0.25) is 0 Å². The monoisotopic (exact) mass is 816 g/mol. The first-order valence-corrected chi connectivity index (χ1v) is 19.8. The largest absolute Gasteiger partial charge is 1.00 e. The average molecular weight is 818 g/mol. The van der Waals surface area contributed by atoms with Crippen molar-refractivity contribution >= 4 is 69.5 Å². The number of hydrogen-bond acceptors (Lipinski definition) is 0. The van der Waals surface area contributed by atoms with Crippen molar-refractivity contribution in [1.82, 2.24) is 0 Å². The Morgan fingerprint density at radius 3 is 0.870 bits per heavy atom. The SMILES string of the molecule is C[PH+](C)c1ccccc1[PH+](C)C.[Ag+].[Ag+].[C-]#Cc1c2ccccc2cc2ccccc12.[C-]#Cc1c2ccccc2cc2ccccc12. The standard InChI is InChI=1S/2C16H9.C10H16P2.2Ag/c2*1-2-14-15-9-5-3-7-12(15)11-13-8-4-6-10-16(13)14;1-11(2)9-7-5-6-8-10(9)12(3)4;;/h2*3-11H;5-8H,1-4H3;;/q2*-1;;2*+1/p+2. The van der Waals surface area contributed by atoms with Crippen LogP contribution in [0.25, 0.3) is 43.1 Å². The van der Waals surface area contributed by atoms with Gasteiger partial charge in [0.1, 0.15) is 10.6 Å². The van der Waals surface area contributed by atoms with E-state index < -0.39 is 0 Å². The van der Waals surface area contributed by atoms with Crippen molar-refractivity contribution in [3.63, 3.8) is 0 Å². The Kier molecular flexibility index (Phi) is 14.5. The first kappa shape index (κ1) is 37.5. The van der Waals surface area contributed by atoms with E-state index in [9.17, 15) is 0 Å². The van der Waals surface area contributed by atoms with E-state index in [1.54, 1.807) is 10.6 Å². The van der Waals surface area contributed by atoms with Gasteiger partial charge in [0.25, 0.3) is 0 Å². The van der Waals surface area contributed by atoms with Crippen molar-refractivity contribution in [3.05, 3.63) is 157 Å². The summed E-state index contributed by atoms with van der Waals surface area (Å²) in [6, 6.07) is 45.8. The quantitative estimate of drug-likeness (QED) is 0.0537. The van der Waals surface area contributed by atoms with Gasteiger partial charge in [-0.1, -0.05) is 131 Å². The van der Waals surface area contributed by atoms with Crippen molar-refractivity contribution in [2.45, 2.75) is 0 Å². The van der Waals surface area contributed by atoms with Gasteiger partial charge in [-0.2, -0.15) is 0 Å². The molecule has 0 bridgehead atoms. The van der Waals surface area contributed by atoms with Crippen LogP contribution < -0.4 is 10.6 Å². The topological polar surface area (TPSA) is 0 Å². The van der Waals surface area contributed by atoms with E-state index in [0.29, 0.717) is 0 Å². The van der Waals surface area contributed by atoms with Crippen LogP contribution >= 0.6 is 15.8 Å². The fraction of sp³-hybridized carbons (Fsp3) is 0.0952. The summed E-state index contributed by atoms with van der Waals surface area (Å²) in [4.78, 5) is 0. The normalized spacial score (nSPS) is 10.2. The summed E-state index contributed by atoms with van der Waals surface area (Å²) in [6.07, 6.45) is 14.9. The molecule has 0 aliphatic rings. The van der Waals surface area contributed by atoms with Crippen molar-refractivity contribution in [1.29, 1.82) is 0 Å². The Morgan fingerprint density at radius 2 is 0.630 bits per heavy atom. The van der Waals surface area contributed by atoms with Crippen LogP contribution in [-0.4, -0.2) is 26.7 Å². The maximum absolute atomic E-state index is 7.46. The second-order valence-electron chi connectivity index (χ2n) is 11.2. The molecule has 0 aliphatic carbocycles. The van der Waals surface area contributed by atoms with Gasteiger partial charge in [0.2, 0.25) is 0 Å². The minimum Gasteiger partial charge on any atom is -0.366 e. The van der Waals surface area contributed by atoms with E-state index >= 15 is 0 Å². The Morgan fingerprint density at radius 1 is 0.391 bits per heavy atom. The number of hydrogen-bond donors (Lipinski definition) is 0. The van der Waals surface area contributed by atoms with Gasteiger partial charge in [0.05, 0.1) is 26.7 Å². The zero-order chi connectivity index (χ0) is 31.1. The van der Waals surface area contributed by atoms with Crippen LogP contribution in [0, 0.1) is 24.7 Å². The van der Waals surface area contributed by atoms with Crippen LogP contribution in [0.1, 0.15) is 11.1 Å². The van der Waals surface area contributed by atoms with Gasteiger partial charge in [-0.25, -0.2) is 0 Å². The summed E-state index contributed by atoms with van der Waals surface area (Å²) in [5.74, 6) is 5.13. The Labute approximate surface area is 307 Å². The van der Waals surface area contributed by atoms with E-state index in [4.69, 9.17) is 12.8 Å². The fourth-order valence-electron chi connectivity index (χ4n) is 5.65. The number of rotatable bonds is 2. The molecule has 234 valence electrons. The molecule has 0 N–H and O–H groups in total. The zero-order valence-electron chi connectivity index (χ0n) is 26.3. The summed E-state index contributed by atoms with van der Waals surface area (Å²) in [5.41, 5.74) is 1.77. The van der Waals surface area contributed by atoms with Crippen molar-refractivity contribution in [3.8, 4) is 11.8 Å². The third kappa shape index (κ3) is 8.49. The van der Waals surface area contributed by atoms with Gasteiger partial charge in [-0.3, -0.25) is 11.8 Å². The zero-order valence-corrected chi connectivity index (χ0v) is 31.3. The maximum Gasteiger partial charge on any atom is 1.00 e. The molecule has 0 atom stereocenters. The molecular formula is C42H36Ag2P2+2. The van der Waals surface area contributed by atoms with Crippen LogP contribution in [-0.2, 0) is 44.8 Å². The average Bonchev–Trinajstić information content (AvgIpc) is 3.06. The molecule has 7 aromatic rings. The first-order valence-electron chi connectivity index (χ1n) is 14.8. The molecule has 0 heterocycles. The molecular weight excluding hydrogens is 782 g/mol. The van der Waals surface area contributed by atoms with E-state index in [1.807, 2.05) is 72.8 Å². The summed E-state index contributed by atoms with van der Waals surface area (Å²) in [6.45, 7) is 9.48. The minimum atomic E-state index is -0.261. The molecule has 46 heavy (non-hydrogen) atoms. The van der Waals surface area contributed by atoms with Crippen LogP contribution in [0.4, 0.5) is 0 Å².